The zero-order valence-corrected chi connectivity index (χ0v) is 26.1. The third kappa shape index (κ3) is 9.75. The summed E-state index contributed by atoms with van der Waals surface area (Å²) in [6.07, 6.45) is 3.21. The Morgan fingerprint density at radius 1 is 0.911 bits per heavy atom. The van der Waals surface area contributed by atoms with E-state index in [0.29, 0.717) is 47.4 Å². The van der Waals surface area contributed by atoms with Gasteiger partial charge in [-0.1, -0.05) is 60.7 Å². The highest BCUT2D eigenvalue weighted by molar-refractivity contribution is 6.07. The summed E-state index contributed by atoms with van der Waals surface area (Å²) in [7, 11) is 3.67. The summed E-state index contributed by atoms with van der Waals surface area (Å²) >= 11 is 0. The lowest BCUT2D eigenvalue weighted by Crippen LogP contribution is -2.47. The second-order valence-electron chi connectivity index (χ2n) is 11.0. The van der Waals surface area contributed by atoms with Gasteiger partial charge in [0.1, 0.15) is 0 Å². The molecule has 0 aromatic heterocycles. The van der Waals surface area contributed by atoms with Crippen molar-refractivity contribution in [3.05, 3.63) is 89.5 Å². The van der Waals surface area contributed by atoms with E-state index in [1.807, 2.05) is 41.3 Å². The van der Waals surface area contributed by atoms with Gasteiger partial charge in [0.15, 0.2) is 0 Å². The van der Waals surface area contributed by atoms with Crippen molar-refractivity contribution in [2.75, 3.05) is 58.8 Å². The molecule has 0 aliphatic carbocycles. The highest BCUT2D eigenvalue weighted by Crippen LogP contribution is 2.28. The second kappa shape index (κ2) is 17.1. The second-order valence-corrected chi connectivity index (χ2v) is 11.0. The number of aliphatic hydroxyl groups is 1. The smallest absolute Gasteiger partial charge is 0.277 e. The van der Waals surface area contributed by atoms with Crippen molar-refractivity contribution >= 4 is 23.4 Å². The van der Waals surface area contributed by atoms with Gasteiger partial charge in [0.25, 0.3) is 11.8 Å². The summed E-state index contributed by atoms with van der Waals surface area (Å²) in [4.78, 5) is 49.1. The maximum Gasteiger partial charge on any atom is 0.277 e. The minimum atomic E-state index is -0.326. The number of amides is 3. The molecule has 45 heavy (non-hydrogen) atoms. The molecular formula is C36H42N4O5. The van der Waals surface area contributed by atoms with E-state index in [1.54, 1.807) is 43.4 Å². The van der Waals surface area contributed by atoms with Gasteiger partial charge in [0, 0.05) is 62.9 Å². The number of carbonyl (C=O) groups is 3. The number of hydroxylamine groups is 2. The van der Waals surface area contributed by atoms with Gasteiger partial charge in [0.05, 0.1) is 18.8 Å². The molecule has 0 bridgehead atoms. The van der Waals surface area contributed by atoms with Crippen LogP contribution >= 0.6 is 0 Å². The Bertz CT molecular complexity index is 1510. The van der Waals surface area contributed by atoms with Gasteiger partial charge in [-0.25, -0.2) is 5.06 Å². The van der Waals surface area contributed by atoms with Crippen molar-refractivity contribution in [1.82, 2.24) is 14.9 Å². The standard InChI is InChI=1S/C36H42N4O5/c1-38-21-23-40(24-22-38)34(42)18-7-4-12-26-45-39(2)36(44)32-20-19-30(27-33(32)29-13-5-3-6-14-29)37-35(43)31-17-9-8-15-28(31)16-10-11-25-41/h3,5-6,8-9,13-15,17,19-20,27,41H,4,7,11-12,18,21-26H2,1-2H3,(H,37,43). The average molecular weight is 611 g/mol. The normalized spacial score (nSPS) is 13.1. The SMILES string of the molecule is CN1CCN(C(=O)CCCCCON(C)C(=O)c2ccc(NC(=O)c3ccccc3C#CCCO)cc2-c2ccccc2)CC1. The zero-order valence-electron chi connectivity index (χ0n) is 26.1. The molecule has 9 nitrogen and oxygen atoms in total. The van der Waals surface area contributed by atoms with Crippen LogP contribution in [0.25, 0.3) is 11.1 Å². The summed E-state index contributed by atoms with van der Waals surface area (Å²) in [6, 6.07) is 21.7. The van der Waals surface area contributed by atoms with Gasteiger partial charge >= 0.3 is 0 Å². The monoisotopic (exact) mass is 610 g/mol. The summed E-state index contributed by atoms with van der Waals surface area (Å²) in [6.45, 7) is 3.73. The molecule has 3 amide bonds. The van der Waals surface area contributed by atoms with Crippen LogP contribution < -0.4 is 5.32 Å². The van der Waals surface area contributed by atoms with Crippen LogP contribution in [0.4, 0.5) is 5.69 Å². The molecule has 0 radical (unpaired) electrons. The highest BCUT2D eigenvalue weighted by atomic mass is 16.7. The number of piperazine rings is 1. The summed E-state index contributed by atoms with van der Waals surface area (Å²) in [5.41, 5.74) is 3.44. The number of aliphatic hydroxyl groups excluding tert-OH is 1. The number of benzene rings is 3. The molecule has 9 heteroatoms. The van der Waals surface area contributed by atoms with Crippen molar-refractivity contribution in [2.24, 2.45) is 0 Å². The largest absolute Gasteiger partial charge is 0.395 e. The molecule has 1 heterocycles. The summed E-state index contributed by atoms with van der Waals surface area (Å²) < 4.78 is 0. The molecule has 0 atom stereocenters. The molecule has 1 aliphatic heterocycles. The van der Waals surface area contributed by atoms with Crippen LogP contribution in [0.2, 0.25) is 0 Å². The third-order valence-electron chi connectivity index (χ3n) is 7.69. The molecule has 3 aromatic carbocycles. The van der Waals surface area contributed by atoms with Crippen LogP contribution in [0.5, 0.6) is 0 Å². The first-order chi connectivity index (χ1) is 21.9. The lowest BCUT2D eigenvalue weighted by atomic mass is 9.98. The topological polar surface area (TPSA) is 102 Å². The first kappa shape index (κ1) is 33.4. The number of carbonyl (C=O) groups excluding carboxylic acids is 3. The van der Waals surface area contributed by atoms with Crippen LogP contribution in [-0.4, -0.2) is 91.2 Å². The molecule has 0 saturated carbocycles. The molecule has 2 N–H and O–H groups in total. The lowest BCUT2D eigenvalue weighted by molar-refractivity contribution is -0.133. The molecule has 1 aliphatic rings. The number of nitrogens with zero attached hydrogens (tertiary/aromatic N) is 3. The van der Waals surface area contributed by atoms with Crippen LogP contribution in [-0.2, 0) is 9.63 Å². The highest BCUT2D eigenvalue weighted by Gasteiger charge is 2.20. The molecule has 236 valence electrons. The first-order valence-electron chi connectivity index (χ1n) is 15.4. The summed E-state index contributed by atoms with van der Waals surface area (Å²) in [5, 5.41) is 13.2. The van der Waals surface area contributed by atoms with Crippen molar-refractivity contribution in [3.8, 4) is 23.0 Å². The number of anilines is 1. The van der Waals surface area contributed by atoms with Crippen molar-refractivity contribution in [2.45, 2.75) is 32.1 Å². The molecule has 1 fully saturated rings. The van der Waals surface area contributed by atoms with E-state index in [9.17, 15) is 14.4 Å². The maximum absolute atomic E-state index is 13.5. The number of nitrogens with one attached hydrogen (secondary N) is 1. The number of unbranched alkanes of at least 4 members (excludes halogenated alkanes) is 2. The Hall–Kier alpha value is -4.49. The van der Waals surface area contributed by atoms with Crippen molar-refractivity contribution in [1.29, 1.82) is 0 Å². The number of likely N-dealkylation sites (N-methyl/N-ethyl adjacent to an activating group) is 1. The number of rotatable bonds is 12. The molecule has 0 unspecified atom stereocenters. The number of hydrogen-bond donors (Lipinski definition) is 2. The van der Waals surface area contributed by atoms with E-state index in [1.165, 1.54) is 5.06 Å². The minimum absolute atomic E-state index is 0.0471. The first-order valence-corrected chi connectivity index (χ1v) is 15.4. The van der Waals surface area contributed by atoms with E-state index in [-0.39, 0.29) is 24.3 Å². The summed E-state index contributed by atoms with van der Waals surface area (Å²) in [5.74, 6) is 5.39. The molecule has 3 aromatic rings. The van der Waals surface area contributed by atoms with Crippen LogP contribution in [0.1, 0.15) is 58.4 Å². The van der Waals surface area contributed by atoms with Crippen LogP contribution in [0.3, 0.4) is 0 Å². The van der Waals surface area contributed by atoms with E-state index in [4.69, 9.17) is 9.94 Å². The molecular weight excluding hydrogens is 568 g/mol. The Balaban J connectivity index is 1.36. The fraction of sp³-hybridized carbons (Fsp3) is 0.361. The van der Waals surface area contributed by atoms with Gasteiger partial charge in [-0.3, -0.25) is 19.2 Å². The Kier molecular flexibility index (Phi) is 12.7. The molecule has 4 rings (SSSR count). The van der Waals surface area contributed by atoms with Crippen molar-refractivity contribution < 1.29 is 24.3 Å². The third-order valence-corrected chi connectivity index (χ3v) is 7.69. The maximum atomic E-state index is 13.5. The molecule has 1 saturated heterocycles. The Labute approximate surface area is 265 Å². The van der Waals surface area contributed by atoms with E-state index < -0.39 is 0 Å². The van der Waals surface area contributed by atoms with Gasteiger partial charge in [0.2, 0.25) is 5.91 Å². The predicted octanol–water partition coefficient (Wildman–Crippen LogP) is 4.68. The van der Waals surface area contributed by atoms with Crippen LogP contribution in [0, 0.1) is 11.8 Å². The Morgan fingerprint density at radius 3 is 2.40 bits per heavy atom. The quantitative estimate of drug-likeness (QED) is 0.176. The fourth-order valence-corrected chi connectivity index (χ4v) is 5.07. The van der Waals surface area contributed by atoms with E-state index in [2.05, 4.69) is 29.1 Å². The van der Waals surface area contributed by atoms with E-state index >= 15 is 0 Å². The lowest BCUT2D eigenvalue weighted by Gasteiger charge is -2.32. The van der Waals surface area contributed by atoms with Crippen LogP contribution in [0.15, 0.2) is 72.8 Å². The molecule has 0 spiro atoms. The van der Waals surface area contributed by atoms with E-state index in [0.717, 1.165) is 51.0 Å². The van der Waals surface area contributed by atoms with Crippen molar-refractivity contribution in [3.63, 3.8) is 0 Å². The predicted molar refractivity (Wildman–Crippen MR) is 175 cm³/mol. The Morgan fingerprint density at radius 2 is 1.64 bits per heavy atom. The van der Waals surface area contributed by atoms with Gasteiger partial charge in [-0.2, -0.15) is 0 Å². The number of hydrogen-bond acceptors (Lipinski definition) is 6. The zero-order chi connectivity index (χ0) is 32.0. The van der Waals surface area contributed by atoms with Gasteiger partial charge in [-0.15, -0.1) is 0 Å². The van der Waals surface area contributed by atoms with Gasteiger partial charge in [-0.05, 0) is 61.3 Å². The average Bonchev–Trinajstić information content (AvgIpc) is 3.06. The fourth-order valence-electron chi connectivity index (χ4n) is 5.07. The van der Waals surface area contributed by atoms with Gasteiger partial charge < -0.3 is 20.2 Å². The minimum Gasteiger partial charge on any atom is -0.395 e.